The molecule has 0 spiro atoms. The van der Waals surface area contributed by atoms with E-state index >= 15 is 0 Å². The van der Waals surface area contributed by atoms with E-state index in [1.54, 1.807) is 0 Å². The zero-order chi connectivity index (χ0) is 9.97. The lowest BCUT2D eigenvalue weighted by Crippen LogP contribution is -2.01. The maximum Gasteiger partial charge on any atom is 0.0471 e. The van der Waals surface area contributed by atoms with E-state index in [4.69, 9.17) is 5.11 Å². The monoisotopic (exact) mass is 252 g/mol. The lowest BCUT2D eigenvalue weighted by Gasteiger charge is -2.18. The van der Waals surface area contributed by atoms with Gasteiger partial charge < -0.3 is 5.11 Å². The third-order valence-electron chi connectivity index (χ3n) is 2.63. The van der Waals surface area contributed by atoms with Crippen LogP contribution in [0.5, 0.6) is 0 Å². The summed E-state index contributed by atoms with van der Waals surface area (Å²) in [7, 11) is 0. The highest BCUT2D eigenvalue weighted by atomic mass is 79.9. The predicted octanol–water partition coefficient (Wildman–Crippen LogP) is 3.16. The van der Waals surface area contributed by atoms with Gasteiger partial charge in [-0.15, -0.1) is 0 Å². The molecule has 0 atom stereocenters. The zero-order valence-electron chi connectivity index (χ0n) is 7.96. The summed E-state index contributed by atoms with van der Waals surface area (Å²) in [5.74, 6) is 0. The quantitative estimate of drug-likeness (QED) is 0.858. The summed E-state index contributed by atoms with van der Waals surface area (Å²) in [5.41, 5.74) is 3.98. The standard InChI is InChI=1S/C12H13BrO/c13-12-6-2-4-10-9(7-8-14)3-1-5-11(10)12/h2-4,6,14H,1,5,7-8H2. The van der Waals surface area contributed by atoms with Gasteiger partial charge >= 0.3 is 0 Å². The Bertz CT molecular complexity index is 369. The molecule has 1 aliphatic carbocycles. The van der Waals surface area contributed by atoms with Crippen molar-refractivity contribution in [3.63, 3.8) is 0 Å². The molecule has 0 saturated heterocycles. The average Bonchev–Trinajstić information content (AvgIpc) is 2.20. The van der Waals surface area contributed by atoms with Gasteiger partial charge in [0.25, 0.3) is 0 Å². The van der Waals surface area contributed by atoms with Crippen molar-refractivity contribution in [1.29, 1.82) is 0 Å². The first-order valence-electron chi connectivity index (χ1n) is 4.90. The Morgan fingerprint density at radius 3 is 3.00 bits per heavy atom. The van der Waals surface area contributed by atoms with Crippen LogP contribution in [-0.2, 0) is 6.42 Å². The van der Waals surface area contributed by atoms with Crippen LogP contribution in [0.25, 0.3) is 5.57 Å². The number of allylic oxidation sites excluding steroid dienone is 1. The van der Waals surface area contributed by atoms with Crippen LogP contribution in [0.15, 0.2) is 28.7 Å². The largest absolute Gasteiger partial charge is 0.396 e. The Balaban J connectivity index is 2.43. The van der Waals surface area contributed by atoms with Crippen LogP contribution >= 0.6 is 15.9 Å². The molecule has 0 saturated carbocycles. The SMILES string of the molecule is OCCC1=CCCc2c(Br)cccc21. The van der Waals surface area contributed by atoms with Crippen LogP contribution in [-0.4, -0.2) is 11.7 Å². The molecule has 2 heteroatoms. The van der Waals surface area contributed by atoms with E-state index < -0.39 is 0 Å². The van der Waals surface area contributed by atoms with Crippen molar-refractivity contribution >= 4 is 21.5 Å². The minimum Gasteiger partial charge on any atom is -0.396 e. The summed E-state index contributed by atoms with van der Waals surface area (Å²) in [5, 5.41) is 8.96. The van der Waals surface area contributed by atoms with Gasteiger partial charge in [0.1, 0.15) is 0 Å². The van der Waals surface area contributed by atoms with E-state index in [2.05, 4.69) is 40.2 Å². The molecule has 1 nitrogen and oxygen atoms in total. The van der Waals surface area contributed by atoms with E-state index in [1.165, 1.54) is 21.2 Å². The van der Waals surface area contributed by atoms with E-state index in [0.717, 1.165) is 19.3 Å². The third kappa shape index (κ3) is 1.77. The number of aliphatic hydroxyl groups excluding tert-OH is 1. The molecule has 0 fully saturated rings. The van der Waals surface area contributed by atoms with Crippen LogP contribution in [0.1, 0.15) is 24.0 Å². The number of hydrogen-bond acceptors (Lipinski definition) is 1. The Hall–Kier alpha value is -0.600. The van der Waals surface area contributed by atoms with Crippen LogP contribution in [0, 0.1) is 0 Å². The van der Waals surface area contributed by atoms with Gasteiger partial charge in [-0.25, -0.2) is 0 Å². The first-order valence-corrected chi connectivity index (χ1v) is 5.70. The van der Waals surface area contributed by atoms with E-state index in [9.17, 15) is 0 Å². The number of benzene rings is 1. The lowest BCUT2D eigenvalue weighted by atomic mass is 9.89. The molecule has 0 unspecified atom stereocenters. The van der Waals surface area contributed by atoms with E-state index in [-0.39, 0.29) is 6.61 Å². The summed E-state index contributed by atoms with van der Waals surface area (Å²) in [6.07, 6.45) is 5.20. The maximum absolute atomic E-state index is 8.96. The Morgan fingerprint density at radius 1 is 1.36 bits per heavy atom. The van der Waals surface area contributed by atoms with Crippen LogP contribution in [0.2, 0.25) is 0 Å². The molecule has 1 N–H and O–H groups in total. The van der Waals surface area contributed by atoms with Crippen molar-refractivity contribution in [2.24, 2.45) is 0 Å². The summed E-state index contributed by atoms with van der Waals surface area (Å²) < 4.78 is 1.19. The van der Waals surface area contributed by atoms with Crippen molar-refractivity contribution in [3.8, 4) is 0 Å². The third-order valence-corrected chi connectivity index (χ3v) is 3.37. The minimum absolute atomic E-state index is 0.234. The zero-order valence-corrected chi connectivity index (χ0v) is 9.55. The van der Waals surface area contributed by atoms with Gasteiger partial charge in [0.2, 0.25) is 0 Å². The molecule has 0 bridgehead atoms. The van der Waals surface area contributed by atoms with Gasteiger partial charge in [0.15, 0.2) is 0 Å². The fourth-order valence-corrected chi connectivity index (χ4v) is 2.54. The molecule has 2 rings (SSSR count). The maximum atomic E-state index is 8.96. The number of aliphatic hydroxyl groups is 1. The highest BCUT2D eigenvalue weighted by Crippen LogP contribution is 2.32. The highest BCUT2D eigenvalue weighted by molar-refractivity contribution is 9.10. The molecule has 74 valence electrons. The molecular weight excluding hydrogens is 240 g/mol. The van der Waals surface area contributed by atoms with Gasteiger partial charge in [0, 0.05) is 11.1 Å². The second-order valence-corrected chi connectivity index (χ2v) is 4.36. The predicted molar refractivity (Wildman–Crippen MR) is 62.1 cm³/mol. The number of fused-ring (bicyclic) bond motifs is 1. The first kappa shape index (κ1) is 9.94. The molecule has 1 aromatic rings. The van der Waals surface area contributed by atoms with Crippen LogP contribution < -0.4 is 0 Å². The number of halogens is 1. The van der Waals surface area contributed by atoms with Crippen molar-refractivity contribution in [1.82, 2.24) is 0 Å². The van der Waals surface area contributed by atoms with Gasteiger partial charge in [-0.05, 0) is 42.0 Å². The average molecular weight is 253 g/mol. The number of rotatable bonds is 2. The Kier molecular flexibility index (Phi) is 3.04. The Labute approximate surface area is 92.6 Å². The molecule has 14 heavy (non-hydrogen) atoms. The highest BCUT2D eigenvalue weighted by Gasteiger charge is 2.13. The van der Waals surface area contributed by atoms with Gasteiger partial charge in [-0.1, -0.05) is 34.1 Å². The van der Waals surface area contributed by atoms with Crippen molar-refractivity contribution < 1.29 is 5.11 Å². The molecular formula is C12H13BrO. The molecule has 0 aliphatic heterocycles. The van der Waals surface area contributed by atoms with Crippen LogP contribution in [0.3, 0.4) is 0 Å². The summed E-state index contributed by atoms with van der Waals surface area (Å²) in [6, 6.07) is 6.28. The van der Waals surface area contributed by atoms with Gasteiger partial charge in [-0.3, -0.25) is 0 Å². The summed E-state index contributed by atoms with van der Waals surface area (Å²) in [4.78, 5) is 0. The van der Waals surface area contributed by atoms with Gasteiger partial charge in [-0.2, -0.15) is 0 Å². The molecule has 0 amide bonds. The lowest BCUT2D eigenvalue weighted by molar-refractivity contribution is 0.305. The normalized spacial score (nSPS) is 14.9. The Morgan fingerprint density at radius 2 is 2.21 bits per heavy atom. The molecule has 0 radical (unpaired) electrons. The van der Waals surface area contributed by atoms with Gasteiger partial charge in [0.05, 0.1) is 0 Å². The second kappa shape index (κ2) is 4.28. The van der Waals surface area contributed by atoms with Crippen molar-refractivity contribution in [2.45, 2.75) is 19.3 Å². The second-order valence-electron chi connectivity index (χ2n) is 3.51. The smallest absolute Gasteiger partial charge is 0.0471 e. The molecule has 1 aliphatic rings. The van der Waals surface area contributed by atoms with E-state index in [1.807, 2.05) is 0 Å². The van der Waals surface area contributed by atoms with Crippen LogP contribution in [0.4, 0.5) is 0 Å². The fourth-order valence-electron chi connectivity index (χ4n) is 1.97. The molecule has 0 heterocycles. The van der Waals surface area contributed by atoms with Crippen molar-refractivity contribution in [3.05, 3.63) is 39.9 Å². The summed E-state index contributed by atoms with van der Waals surface area (Å²) >= 11 is 3.57. The summed E-state index contributed by atoms with van der Waals surface area (Å²) in [6.45, 7) is 0.234. The number of hydrogen-bond donors (Lipinski definition) is 1. The van der Waals surface area contributed by atoms with Crippen molar-refractivity contribution in [2.75, 3.05) is 6.61 Å². The minimum atomic E-state index is 0.234. The molecule has 1 aromatic carbocycles. The fraction of sp³-hybridized carbons (Fsp3) is 0.333. The topological polar surface area (TPSA) is 20.2 Å². The van der Waals surface area contributed by atoms with E-state index in [0.29, 0.717) is 0 Å². The first-order chi connectivity index (χ1) is 6.83. The molecule has 0 aromatic heterocycles.